The van der Waals surface area contributed by atoms with Crippen LogP contribution in [-0.2, 0) is 20.7 Å². The van der Waals surface area contributed by atoms with Gasteiger partial charge in [-0.15, -0.1) is 0 Å². The number of nitrogens with one attached hydrogen (secondary N) is 1. The van der Waals surface area contributed by atoms with Gasteiger partial charge in [-0.1, -0.05) is 6.07 Å². The molecule has 2 rings (SSSR count). The largest absolute Gasteiger partial charge is 0.482 e. The third-order valence-corrected chi connectivity index (χ3v) is 2.60. The van der Waals surface area contributed by atoms with Gasteiger partial charge in [-0.3, -0.25) is 9.59 Å². The summed E-state index contributed by atoms with van der Waals surface area (Å²) in [6, 6.07) is 5.51. The molecule has 0 aliphatic carbocycles. The van der Waals surface area contributed by atoms with Crippen molar-refractivity contribution in [1.29, 1.82) is 0 Å². The molecule has 1 aromatic carbocycles. The Morgan fingerprint density at radius 1 is 1.50 bits per heavy atom. The van der Waals surface area contributed by atoms with E-state index in [9.17, 15) is 9.59 Å². The van der Waals surface area contributed by atoms with Crippen LogP contribution in [-0.4, -0.2) is 25.1 Å². The minimum atomic E-state index is -0.212. The van der Waals surface area contributed by atoms with Crippen LogP contribution in [0.2, 0.25) is 0 Å². The number of amides is 1. The number of hydrogen-bond acceptors (Lipinski definition) is 4. The molecule has 96 valence electrons. The zero-order valence-corrected chi connectivity index (χ0v) is 10.2. The van der Waals surface area contributed by atoms with Gasteiger partial charge in [0.1, 0.15) is 5.75 Å². The maximum Gasteiger partial charge on any atom is 0.306 e. The molecule has 0 bridgehead atoms. The van der Waals surface area contributed by atoms with Crippen molar-refractivity contribution in [2.75, 3.05) is 18.5 Å². The molecule has 1 aliphatic rings. The van der Waals surface area contributed by atoms with Crippen molar-refractivity contribution in [3.8, 4) is 5.75 Å². The highest BCUT2D eigenvalue weighted by Crippen LogP contribution is 2.28. The number of anilines is 1. The highest BCUT2D eigenvalue weighted by Gasteiger charge is 2.16. The highest BCUT2D eigenvalue weighted by molar-refractivity contribution is 5.95. The first-order valence-electron chi connectivity index (χ1n) is 5.90. The van der Waals surface area contributed by atoms with E-state index in [0.717, 1.165) is 5.56 Å². The Hall–Kier alpha value is -2.04. The van der Waals surface area contributed by atoms with Crippen LogP contribution in [0.1, 0.15) is 18.9 Å². The number of aryl methyl sites for hydroxylation is 1. The van der Waals surface area contributed by atoms with E-state index in [4.69, 9.17) is 9.47 Å². The fourth-order valence-electron chi connectivity index (χ4n) is 1.77. The molecule has 18 heavy (non-hydrogen) atoms. The average Bonchev–Trinajstić information content (AvgIpc) is 2.36. The monoisotopic (exact) mass is 249 g/mol. The van der Waals surface area contributed by atoms with Crippen molar-refractivity contribution in [3.05, 3.63) is 23.8 Å². The Kier molecular flexibility index (Phi) is 3.82. The summed E-state index contributed by atoms with van der Waals surface area (Å²) in [5, 5.41) is 2.73. The number of benzene rings is 1. The molecule has 1 aromatic rings. The predicted octanol–water partition coefficient (Wildman–Crippen LogP) is 1.51. The van der Waals surface area contributed by atoms with Crippen LogP contribution in [0.25, 0.3) is 0 Å². The van der Waals surface area contributed by atoms with E-state index >= 15 is 0 Å². The lowest BCUT2D eigenvalue weighted by molar-refractivity contribution is -0.143. The Morgan fingerprint density at radius 2 is 2.33 bits per heavy atom. The van der Waals surface area contributed by atoms with Gasteiger partial charge in [0.2, 0.25) is 0 Å². The second-order valence-electron chi connectivity index (χ2n) is 3.97. The zero-order chi connectivity index (χ0) is 13.0. The van der Waals surface area contributed by atoms with Gasteiger partial charge in [0.15, 0.2) is 6.61 Å². The molecule has 5 nitrogen and oxygen atoms in total. The normalized spacial score (nSPS) is 13.3. The summed E-state index contributed by atoms with van der Waals surface area (Å²) in [7, 11) is 0. The summed E-state index contributed by atoms with van der Waals surface area (Å²) in [6.45, 7) is 2.23. The molecule has 0 unspecified atom stereocenters. The van der Waals surface area contributed by atoms with E-state index in [-0.39, 0.29) is 18.5 Å². The Morgan fingerprint density at radius 3 is 3.11 bits per heavy atom. The van der Waals surface area contributed by atoms with Crippen molar-refractivity contribution in [2.24, 2.45) is 0 Å². The van der Waals surface area contributed by atoms with E-state index in [1.54, 1.807) is 13.0 Å². The molecule has 0 saturated heterocycles. The maximum absolute atomic E-state index is 11.2. The third-order valence-electron chi connectivity index (χ3n) is 2.60. The lowest BCUT2D eigenvalue weighted by atomic mass is 10.1. The van der Waals surface area contributed by atoms with Crippen molar-refractivity contribution in [1.82, 2.24) is 0 Å². The first-order valence-corrected chi connectivity index (χ1v) is 5.90. The van der Waals surface area contributed by atoms with Gasteiger partial charge in [-0.2, -0.15) is 0 Å². The van der Waals surface area contributed by atoms with Crippen LogP contribution >= 0.6 is 0 Å². The molecule has 1 amide bonds. The first-order chi connectivity index (χ1) is 8.69. The Balaban J connectivity index is 2.00. The van der Waals surface area contributed by atoms with Gasteiger partial charge in [0.25, 0.3) is 5.91 Å². The van der Waals surface area contributed by atoms with E-state index in [2.05, 4.69) is 5.32 Å². The topological polar surface area (TPSA) is 64.6 Å². The van der Waals surface area contributed by atoms with E-state index in [1.165, 1.54) is 0 Å². The van der Waals surface area contributed by atoms with Crippen molar-refractivity contribution in [3.63, 3.8) is 0 Å². The number of ether oxygens (including phenoxy) is 2. The zero-order valence-electron chi connectivity index (χ0n) is 10.2. The summed E-state index contributed by atoms with van der Waals surface area (Å²) in [5.41, 5.74) is 1.63. The summed E-state index contributed by atoms with van der Waals surface area (Å²) in [4.78, 5) is 22.4. The van der Waals surface area contributed by atoms with Crippen LogP contribution in [0, 0.1) is 0 Å². The highest BCUT2D eigenvalue weighted by atomic mass is 16.5. The molecule has 0 radical (unpaired) electrons. The van der Waals surface area contributed by atoms with Gasteiger partial charge in [0, 0.05) is 6.42 Å². The van der Waals surface area contributed by atoms with Crippen LogP contribution in [0.3, 0.4) is 0 Å². The van der Waals surface area contributed by atoms with Gasteiger partial charge >= 0.3 is 5.97 Å². The van der Waals surface area contributed by atoms with E-state index in [0.29, 0.717) is 30.9 Å². The minimum absolute atomic E-state index is 0.0508. The molecule has 5 heteroatoms. The standard InChI is InChI=1S/C13H15NO4/c1-2-17-13(16)6-4-9-3-5-11-10(7-9)14-12(15)8-18-11/h3,5,7H,2,4,6,8H2,1H3,(H,14,15). The van der Waals surface area contributed by atoms with Gasteiger partial charge in [-0.05, 0) is 31.0 Å². The summed E-state index contributed by atoms with van der Waals surface area (Å²) in [6.07, 6.45) is 0.920. The van der Waals surface area contributed by atoms with Crippen LogP contribution < -0.4 is 10.1 Å². The second-order valence-corrected chi connectivity index (χ2v) is 3.97. The smallest absolute Gasteiger partial charge is 0.306 e. The predicted molar refractivity (Wildman–Crippen MR) is 65.5 cm³/mol. The van der Waals surface area contributed by atoms with E-state index in [1.807, 2.05) is 12.1 Å². The van der Waals surface area contributed by atoms with Crippen molar-refractivity contribution >= 4 is 17.6 Å². The molecular weight excluding hydrogens is 234 g/mol. The van der Waals surface area contributed by atoms with Crippen molar-refractivity contribution in [2.45, 2.75) is 19.8 Å². The molecule has 1 heterocycles. The fraction of sp³-hybridized carbons (Fsp3) is 0.385. The first kappa shape index (κ1) is 12.4. The van der Waals surface area contributed by atoms with Crippen LogP contribution in [0.15, 0.2) is 18.2 Å². The van der Waals surface area contributed by atoms with E-state index < -0.39 is 0 Å². The molecule has 1 N–H and O–H groups in total. The lowest BCUT2D eigenvalue weighted by Gasteiger charge is -2.18. The lowest BCUT2D eigenvalue weighted by Crippen LogP contribution is -2.25. The van der Waals surface area contributed by atoms with Gasteiger partial charge in [0.05, 0.1) is 12.3 Å². The number of carbonyl (C=O) groups excluding carboxylic acids is 2. The fourth-order valence-corrected chi connectivity index (χ4v) is 1.77. The van der Waals surface area contributed by atoms with Crippen molar-refractivity contribution < 1.29 is 19.1 Å². The van der Waals surface area contributed by atoms with Crippen LogP contribution in [0.5, 0.6) is 5.75 Å². The maximum atomic E-state index is 11.2. The van der Waals surface area contributed by atoms with Gasteiger partial charge < -0.3 is 14.8 Å². The molecule has 0 atom stereocenters. The third kappa shape index (κ3) is 3.00. The summed E-state index contributed by atoms with van der Waals surface area (Å²) < 4.78 is 10.1. The Bertz CT molecular complexity index is 470. The van der Waals surface area contributed by atoms with Crippen LogP contribution in [0.4, 0.5) is 5.69 Å². The molecule has 0 saturated carbocycles. The molecule has 0 spiro atoms. The number of hydrogen-bond donors (Lipinski definition) is 1. The minimum Gasteiger partial charge on any atom is -0.482 e. The molecule has 0 aromatic heterocycles. The number of carbonyl (C=O) groups is 2. The molecule has 0 fully saturated rings. The Labute approximate surface area is 105 Å². The van der Waals surface area contributed by atoms with Gasteiger partial charge in [-0.25, -0.2) is 0 Å². The quantitative estimate of drug-likeness (QED) is 0.821. The summed E-state index contributed by atoms with van der Waals surface area (Å²) in [5.74, 6) is 0.287. The molecule has 1 aliphatic heterocycles. The SMILES string of the molecule is CCOC(=O)CCc1ccc2c(c1)NC(=O)CO2. The number of esters is 1. The second kappa shape index (κ2) is 5.53. The number of rotatable bonds is 4. The average molecular weight is 249 g/mol. The number of fused-ring (bicyclic) bond motifs is 1. The summed E-state index contributed by atoms with van der Waals surface area (Å²) >= 11 is 0. The molecular formula is C13H15NO4.